The summed E-state index contributed by atoms with van der Waals surface area (Å²) in [7, 11) is 2.66. The molecule has 1 aliphatic rings. The minimum absolute atomic E-state index is 0.0237. The molecule has 2 aromatic carbocycles. The molecule has 2 heterocycles. The summed E-state index contributed by atoms with van der Waals surface area (Å²) in [6.07, 6.45) is 3.08. The lowest BCUT2D eigenvalue weighted by atomic mass is 9.94. The van der Waals surface area contributed by atoms with E-state index in [9.17, 15) is 19.1 Å². The van der Waals surface area contributed by atoms with Crippen LogP contribution in [0.5, 0.6) is 11.5 Å². The first-order chi connectivity index (χ1) is 16.8. The van der Waals surface area contributed by atoms with Gasteiger partial charge in [-0.3, -0.25) is 14.6 Å². The molecule has 180 valence electrons. The second-order valence-electron chi connectivity index (χ2n) is 7.59. The Hall–Kier alpha value is -3.62. The van der Waals surface area contributed by atoms with Crippen molar-refractivity contribution < 1.29 is 28.6 Å². The summed E-state index contributed by atoms with van der Waals surface area (Å²) in [6, 6.07) is 9.14. The topological polar surface area (TPSA) is 89.0 Å². The van der Waals surface area contributed by atoms with E-state index in [1.54, 1.807) is 18.2 Å². The highest BCUT2D eigenvalue weighted by atomic mass is 35.5. The SMILES string of the molecule is COc1c(Cl)cc(/C(O)=C2\C(=O)C(=O)N(Cc3ccncc3)C2c2ccccc2F)c(OC)c1Cl. The van der Waals surface area contributed by atoms with Crippen LogP contribution in [0.2, 0.25) is 10.0 Å². The third-order valence-corrected chi connectivity index (χ3v) is 6.26. The minimum atomic E-state index is -1.23. The molecule has 1 saturated heterocycles. The zero-order valence-electron chi connectivity index (χ0n) is 18.6. The lowest BCUT2D eigenvalue weighted by molar-refractivity contribution is -0.140. The maximum Gasteiger partial charge on any atom is 0.295 e. The number of aromatic nitrogens is 1. The molecule has 1 aliphatic heterocycles. The molecule has 1 amide bonds. The van der Waals surface area contributed by atoms with Crippen LogP contribution in [0, 0.1) is 5.82 Å². The fourth-order valence-electron chi connectivity index (χ4n) is 4.04. The van der Waals surface area contributed by atoms with Gasteiger partial charge in [-0.1, -0.05) is 41.4 Å². The standard InChI is InChI=1S/C25H19Cl2FN2O5/c1-34-23-15(11-16(26)24(35-2)19(23)27)21(31)18-20(14-5-3-4-6-17(14)28)30(25(33)22(18)32)12-13-7-9-29-10-8-13/h3-11,20,31H,12H2,1-2H3/b21-18+. The van der Waals surface area contributed by atoms with E-state index in [4.69, 9.17) is 32.7 Å². The zero-order chi connectivity index (χ0) is 25.3. The van der Waals surface area contributed by atoms with Crippen molar-refractivity contribution in [2.75, 3.05) is 14.2 Å². The molecule has 1 N–H and O–H groups in total. The van der Waals surface area contributed by atoms with Crippen LogP contribution >= 0.6 is 23.2 Å². The number of benzene rings is 2. The average molecular weight is 517 g/mol. The van der Waals surface area contributed by atoms with E-state index in [2.05, 4.69) is 4.98 Å². The van der Waals surface area contributed by atoms with Crippen LogP contribution in [0.3, 0.4) is 0 Å². The number of amides is 1. The highest BCUT2D eigenvalue weighted by molar-refractivity contribution is 6.47. The Balaban J connectivity index is 1.97. The number of carbonyl (C=O) groups excluding carboxylic acids is 2. The summed E-state index contributed by atoms with van der Waals surface area (Å²) >= 11 is 12.6. The van der Waals surface area contributed by atoms with Gasteiger partial charge in [0.2, 0.25) is 0 Å². The lowest BCUT2D eigenvalue weighted by Gasteiger charge is -2.26. The molecule has 0 bridgehead atoms. The number of halogens is 3. The molecule has 35 heavy (non-hydrogen) atoms. The maximum atomic E-state index is 15.0. The Morgan fingerprint density at radius 1 is 1.09 bits per heavy atom. The fraction of sp³-hybridized carbons (Fsp3) is 0.160. The number of hydrogen-bond donors (Lipinski definition) is 1. The molecule has 0 radical (unpaired) electrons. The minimum Gasteiger partial charge on any atom is -0.507 e. The first kappa shape index (κ1) is 24.5. The number of likely N-dealkylation sites (tertiary alicyclic amines) is 1. The fourth-order valence-corrected chi connectivity index (χ4v) is 4.73. The third-order valence-electron chi connectivity index (χ3n) is 5.64. The number of rotatable bonds is 6. The third kappa shape index (κ3) is 4.31. The van der Waals surface area contributed by atoms with Gasteiger partial charge in [-0.2, -0.15) is 0 Å². The van der Waals surface area contributed by atoms with Crippen LogP contribution in [0.15, 0.2) is 60.4 Å². The number of hydrogen-bond acceptors (Lipinski definition) is 6. The van der Waals surface area contributed by atoms with Gasteiger partial charge >= 0.3 is 0 Å². The monoisotopic (exact) mass is 516 g/mol. The van der Waals surface area contributed by atoms with Crippen LogP contribution in [0.4, 0.5) is 4.39 Å². The number of methoxy groups -OCH3 is 2. The predicted octanol–water partition coefficient (Wildman–Crippen LogP) is 5.17. The van der Waals surface area contributed by atoms with E-state index >= 15 is 0 Å². The molecule has 7 nitrogen and oxygen atoms in total. The van der Waals surface area contributed by atoms with Crippen LogP contribution in [-0.4, -0.2) is 40.9 Å². The van der Waals surface area contributed by atoms with Crippen molar-refractivity contribution >= 4 is 40.7 Å². The number of pyridine rings is 1. The Kier molecular flexibility index (Phi) is 6.95. The van der Waals surface area contributed by atoms with E-state index in [0.717, 1.165) is 0 Å². The molecule has 4 rings (SSSR count). The maximum absolute atomic E-state index is 15.0. The number of nitrogens with zero attached hydrogens (tertiary/aromatic N) is 2. The molecular weight excluding hydrogens is 498 g/mol. The van der Waals surface area contributed by atoms with Gasteiger partial charge in [0.15, 0.2) is 11.5 Å². The van der Waals surface area contributed by atoms with Crippen molar-refractivity contribution in [3.63, 3.8) is 0 Å². The number of Topliss-reactive ketones (excluding diaryl/α,β-unsaturated/α-hetero) is 1. The summed E-state index contributed by atoms with van der Waals surface area (Å²) in [5.74, 6) is -3.08. The molecule has 1 fully saturated rings. The van der Waals surface area contributed by atoms with Gasteiger partial charge in [-0.15, -0.1) is 0 Å². The van der Waals surface area contributed by atoms with Gasteiger partial charge in [0, 0.05) is 24.5 Å². The average Bonchev–Trinajstić information content (AvgIpc) is 3.09. The van der Waals surface area contributed by atoms with Crippen LogP contribution < -0.4 is 9.47 Å². The number of aliphatic hydroxyl groups excluding tert-OH is 1. The van der Waals surface area contributed by atoms with Gasteiger partial charge in [-0.05, 0) is 29.8 Å². The van der Waals surface area contributed by atoms with Gasteiger partial charge in [0.25, 0.3) is 11.7 Å². The molecule has 0 aliphatic carbocycles. The van der Waals surface area contributed by atoms with Crippen molar-refractivity contribution in [1.29, 1.82) is 0 Å². The van der Waals surface area contributed by atoms with Crippen molar-refractivity contribution in [1.82, 2.24) is 9.88 Å². The van der Waals surface area contributed by atoms with Crippen LogP contribution in [0.25, 0.3) is 5.76 Å². The number of aliphatic hydroxyl groups is 1. The molecule has 1 unspecified atom stereocenters. The summed E-state index contributed by atoms with van der Waals surface area (Å²) in [4.78, 5) is 31.5. The zero-order valence-corrected chi connectivity index (χ0v) is 20.1. The van der Waals surface area contributed by atoms with Crippen molar-refractivity contribution in [3.8, 4) is 11.5 Å². The predicted molar refractivity (Wildman–Crippen MR) is 128 cm³/mol. The molecule has 0 spiro atoms. The Labute approximate surface area is 210 Å². The number of ether oxygens (including phenoxy) is 2. The summed E-state index contributed by atoms with van der Waals surface area (Å²) in [6.45, 7) is -0.0237. The van der Waals surface area contributed by atoms with E-state index in [1.165, 1.54) is 55.8 Å². The van der Waals surface area contributed by atoms with Gasteiger partial charge in [0.1, 0.15) is 16.6 Å². The molecule has 1 atom stereocenters. The Morgan fingerprint density at radius 3 is 2.37 bits per heavy atom. The number of ketones is 1. The molecule has 10 heteroatoms. The Bertz CT molecular complexity index is 1350. The quantitative estimate of drug-likeness (QED) is 0.276. The highest BCUT2D eigenvalue weighted by Gasteiger charge is 2.47. The highest BCUT2D eigenvalue weighted by Crippen LogP contribution is 2.47. The van der Waals surface area contributed by atoms with Crippen molar-refractivity contribution in [2.24, 2.45) is 0 Å². The molecule has 3 aromatic rings. The summed E-state index contributed by atoms with van der Waals surface area (Å²) < 4.78 is 25.5. The first-order valence-electron chi connectivity index (χ1n) is 10.3. The van der Waals surface area contributed by atoms with E-state index in [1.807, 2.05) is 0 Å². The van der Waals surface area contributed by atoms with Crippen LogP contribution in [0.1, 0.15) is 22.7 Å². The van der Waals surface area contributed by atoms with Crippen LogP contribution in [-0.2, 0) is 16.1 Å². The van der Waals surface area contributed by atoms with E-state index < -0.39 is 29.3 Å². The van der Waals surface area contributed by atoms with E-state index in [-0.39, 0.29) is 44.8 Å². The lowest BCUT2D eigenvalue weighted by Crippen LogP contribution is -2.29. The van der Waals surface area contributed by atoms with Crippen molar-refractivity contribution in [3.05, 3.63) is 93.0 Å². The summed E-state index contributed by atoms with van der Waals surface area (Å²) in [5, 5.41) is 11.3. The molecule has 0 saturated carbocycles. The second-order valence-corrected chi connectivity index (χ2v) is 8.38. The second kappa shape index (κ2) is 9.93. The first-order valence-corrected chi connectivity index (χ1v) is 11.1. The van der Waals surface area contributed by atoms with Crippen molar-refractivity contribution in [2.45, 2.75) is 12.6 Å². The largest absolute Gasteiger partial charge is 0.507 e. The summed E-state index contributed by atoms with van der Waals surface area (Å²) in [5.41, 5.74) is 0.319. The molecule has 1 aromatic heterocycles. The Morgan fingerprint density at radius 2 is 1.74 bits per heavy atom. The van der Waals surface area contributed by atoms with Gasteiger partial charge in [-0.25, -0.2) is 4.39 Å². The smallest absolute Gasteiger partial charge is 0.295 e. The molecular formula is C25H19Cl2FN2O5. The van der Waals surface area contributed by atoms with E-state index in [0.29, 0.717) is 5.56 Å². The normalized spacial score (nSPS) is 17.1. The van der Waals surface area contributed by atoms with Gasteiger partial charge in [0.05, 0.1) is 36.4 Å². The van der Waals surface area contributed by atoms with Gasteiger partial charge < -0.3 is 19.5 Å². The number of carbonyl (C=O) groups is 2.